The second-order valence-corrected chi connectivity index (χ2v) is 4.00. The van der Waals surface area contributed by atoms with Gasteiger partial charge in [0, 0.05) is 26.3 Å². The highest BCUT2D eigenvalue weighted by Gasteiger charge is 2.26. The number of imide groups is 1. The summed E-state index contributed by atoms with van der Waals surface area (Å²) in [5.41, 5.74) is 6.32. The van der Waals surface area contributed by atoms with Crippen molar-refractivity contribution in [1.29, 1.82) is 0 Å². The van der Waals surface area contributed by atoms with Gasteiger partial charge in [0.2, 0.25) is 5.91 Å². The molecule has 7 heteroatoms. The monoisotopic (exact) mass is 279 g/mol. The van der Waals surface area contributed by atoms with Gasteiger partial charge in [0.05, 0.1) is 12.3 Å². The predicted molar refractivity (Wildman–Crippen MR) is 73.9 cm³/mol. The van der Waals surface area contributed by atoms with Gasteiger partial charge in [0.15, 0.2) is 0 Å². The Hall–Kier alpha value is -2.41. The Balaban J connectivity index is 2.85. The molecule has 1 rings (SSSR count). The number of nitrogens with two attached hydrogens (primary N) is 1. The van der Waals surface area contributed by atoms with Gasteiger partial charge in [-0.3, -0.25) is 14.4 Å². The molecule has 108 valence electrons. The van der Waals surface area contributed by atoms with E-state index in [0.717, 1.165) is 4.90 Å². The lowest BCUT2D eigenvalue weighted by atomic mass is 10.2. The average Bonchev–Trinajstić information content (AvgIpc) is 2.41. The highest BCUT2D eigenvalue weighted by molar-refractivity contribution is 6.45. The molecular weight excluding hydrogens is 262 g/mol. The van der Waals surface area contributed by atoms with E-state index in [1.54, 1.807) is 12.1 Å². The van der Waals surface area contributed by atoms with Gasteiger partial charge in [-0.25, -0.2) is 4.90 Å². The van der Waals surface area contributed by atoms with Crippen LogP contribution in [0.1, 0.15) is 6.92 Å². The number of anilines is 2. The van der Waals surface area contributed by atoms with E-state index >= 15 is 0 Å². The fourth-order valence-electron chi connectivity index (χ4n) is 1.51. The molecule has 0 saturated carbocycles. The molecule has 0 aliphatic heterocycles. The zero-order valence-electron chi connectivity index (χ0n) is 11.4. The van der Waals surface area contributed by atoms with Crippen LogP contribution in [-0.2, 0) is 19.1 Å². The number of rotatable bonds is 4. The van der Waals surface area contributed by atoms with Crippen LogP contribution in [0.3, 0.4) is 0 Å². The van der Waals surface area contributed by atoms with Gasteiger partial charge in [0.25, 0.3) is 0 Å². The van der Waals surface area contributed by atoms with E-state index < -0.39 is 17.7 Å². The summed E-state index contributed by atoms with van der Waals surface area (Å²) in [5, 5.41) is 2.37. The minimum Gasteiger partial charge on any atom is -0.399 e. The molecule has 1 aromatic carbocycles. The van der Waals surface area contributed by atoms with Crippen LogP contribution in [0.2, 0.25) is 0 Å². The molecule has 0 spiro atoms. The zero-order valence-corrected chi connectivity index (χ0v) is 11.4. The van der Waals surface area contributed by atoms with E-state index in [1.807, 2.05) is 0 Å². The first kappa shape index (κ1) is 15.6. The quantitative estimate of drug-likeness (QED) is 0.455. The second-order valence-electron chi connectivity index (χ2n) is 4.00. The third-order valence-corrected chi connectivity index (χ3v) is 2.46. The molecule has 3 amide bonds. The zero-order chi connectivity index (χ0) is 15.1. The Labute approximate surface area is 116 Å². The number of amides is 3. The Morgan fingerprint density at radius 2 is 1.85 bits per heavy atom. The van der Waals surface area contributed by atoms with Crippen molar-refractivity contribution in [3.63, 3.8) is 0 Å². The summed E-state index contributed by atoms with van der Waals surface area (Å²) in [5.74, 6) is -2.37. The molecule has 0 aliphatic rings. The summed E-state index contributed by atoms with van der Waals surface area (Å²) >= 11 is 0. The van der Waals surface area contributed by atoms with Gasteiger partial charge in [-0.05, 0) is 24.3 Å². The fraction of sp³-hybridized carbons (Fsp3) is 0.308. The van der Waals surface area contributed by atoms with Crippen LogP contribution in [0.15, 0.2) is 24.3 Å². The first-order valence-electron chi connectivity index (χ1n) is 5.94. The molecule has 0 aliphatic carbocycles. The lowest BCUT2D eigenvalue weighted by Gasteiger charge is -2.18. The summed E-state index contributed by atoms with van der Waals surface area (Å²) < 4.78 is 4.76. The summed E-state index contributed by atoms with van der Waals surface area (Å²) in [6, 6.07) is 6.08. The number of carbonyl (C=O) groups excluding carboxylic acids is 3. The molecule has 0 radical (unpaired) electrons. The number of nitrogen functional groups attached to an aromatic ring is 1. The number of hydrogen-bond donors (Lipinski definition) is 2. The number of nitrogens with zero attached hydrogens (tertiary/aromatic N) is 1. The molecule has 0 aromatic heterocycles. The highest BCUT2D eigenvalue weighted by atomic mass is 16.5. The molecule has 0 bridgehead atoms. The van der Waals surface area contributed by atoms with Crippen molar-refractivity contribution >= 4 is 29.1 Å². The van der Waals surface area contributed by atoms with Crippen LogP contribution in [0, 0.1) is 0 Å². The smallest absolute Gasteiger partial charge is 0.323 e. The predicted octanol–water partition coefficient (Wildman–Crippen LogP) is -0.0891. The Morgan fingerprint density at radius 1 is 1.25 bits per heavy atom. The molecule has 0 unspecified atom stereocenters. The Morgan fingerprint density at radius 3 is 2.35 bits per heavy atom. The van der Waals surface area contributed by atoms with Gasteiger partial charge in [-0.15, -0.1) is 0 Å². The number of benzene rings is 1. The molecule has 20 heavy (non-hydrogen) atoms. The number of hydrogen-bond acceptors (Lipinski definition) is 5. The number of methoxy groups -OCH3 is 1. The minimum atomic E-state index is -0.946. The van der Waals surface area contributed by atoms with Crippen molar-refractivity contribution in [3.8, 4) is 0 Å². The largest absolute Gasteiger partial charge is 0.399 e. The molecule has 3 N–H and O–H groups in total. The van der Waals surface area contributed by atoms with E-state index in [1.165, 1.54) is 26.2 Å². The molecule has 0 fully saturated rings. The molecule has 0 heterocycles. The van der Waals surface area contributed by atoms with Crippen LogP contribution >= 0.6 is 0 Å². The standard InChI is InChI=1S/C13H17N3O4/c1-9(17)16(11-5-3-10(14)4-6-11)13(19)12(18)15-7-8-20-2/h3-6H,7-8,14H2,1-2H3,(H,15,18). The first-order chi connectivity index (χ1) is 9.47. The number of nitrogens with one attached hydrogen (secondary N) is 1. The second kappa shape index (κ2) is 7.25. The first-order valence-corrected chi connectivity index (χ1v) is 5.94. The summed E-state index contributed by atoms with van der Waals surface area (Å²) in [6.07, 6.45) is 0. The highest BCUT2D eigenvalue weighted by Crippen LogP contribution is 2.16. The maximum atomic E-state index is 12.0. The van der Waals surface area contributed by atoms with Gasteiger partial charge in [0.1, 0.15) is 0 Å². The van der Waals surface area contributed by atoms with Crippen LogP contribution in [-0.4, -0.2) is 38.0 Å². The van der Waals surface area contributed by atoms with Crippen LogP contribution in [0.4, 0.5) is 11.4 Å². The lowest BCUT2D eigenvalue weighted by Crippen LogP contribution is -2.46. The third-order valence-electron chi connectivity index (χ3n) is 2.46. The topological polar surface area (TPSA) is 102 Å². The summed E-state index contributed by atoms with van der Waals surface area (Å²) in [4.78, 5) is 36.0. The van der Waals surface area contributed by atoms with E-state index in [9.17, 15) is 14.4 Å². The molecule has 0 saturated heterocycles. The number of carbonyl (C=O) groups is 3. The molecule has 1 aromatic rings. The Kier molecular flexibility index (Phi) is 5.67. The van der Waals surface area contributed by atoms with Crippen molar-refractivity contribution in [2.24, 2.45) is 0 Å². The van der Waals surface area contributed by atoms with Crippen molar-refractivity contribution in [1.82, 2.24) is 5.32 Å². The lowest BCUT2D eigenvalue weighted by molar-refractivity contribution is -0.139. The van der Waals surface area contributed by atoms with Gasteiger partial charge < -0.3 is 15.8 Å². The molecule has 0 atom stereocenters. The van der Waals surface area contributed by atoms with Crippen LogP contribution in [0.25, 0.3) is 0 Å². The maximum Gasteiger partial charge on any atom is 0.323 e. The molecule has 7 nitrogen and oxygen atoms in total. The van der Waals surface area contributed by atoms with Crippen LogP contribution in [0.5, 0.6) is 0 Å². The van der Waals surface area contributed by atoms with Crippen LogP contribution < -0.4 is 16.0 Å². The van der Waals surface area contributed by atoms with Gasteiger partial charge >= 0.3 is 11.8 Å². The van der Waals surface area contributed by atoms with Gasteiger partial charge in [-0.2, -0.15) is 0 Å². The van der Waals surface area contributed by atoms with E-state index in [-0.39, 0.29) is 13.2 Å². The average molecular weight is 279 g/mol. The fourth-order valence-corrected chi connectivity index (χ4v) is 1.51. The van der Waals surface area contributed by atoms with E-state index in [0.29, 0.717) is 11.4 Å². The summed E-state index contributed by atoms with van der Waals surface area (Å²) in [6.45, 7) is 1.67. The third kappa shape index (κ3) is 4.06. The van der Waals surface area contributed by atoms with Crippen molar-refractivity contribution in [2.75, 3.05) is 30.9 Å². The number of ether oxygens (including phenoxy) is 1. The maximum absolute atomic E-state index is 12.0. The van der Waals surface area contributed by atoms with Gasteiger partial charge in [-0.1, -0.05) is 0 Å². The van der Waals surface area contributed by atoms with Crippen molar-refractivity contribution in [2.45, 2.75) is 6.92 Å². The SMILES string of the molecule is COCCNC(=O)C(=O)N(C(C)=O)c1ccc(N)cc1. The minimum absolute atomic E-state index is 0.189. The van der Waals surface area contributed by atoms with Crippen molar-refractivity contribution in [3.05, 3.63) is 24.3 Å². The Bertz CT molecular complexity index is 499. The van der Waals surface area contributed by atoms with E-state index in [4.69, 9.17) is 10.5 Å². The summed E-state index contributed by atoms with van der Waals surface area (Å²) in [7, 11) is 1.48. The molecular formula is C13H17N3O4. The van der Waals surface area contributed by atoms with Crippen molar-refractivity contribution < 1.29 is 19.1 Å². The normalized spacial score (nSPS) is 9.90. The van der Waals surface area contributed by atoms with E-state index in [2.05, 4.69) is 5.32 Å².